The van der Waals surface area contributed by atoms with E-state index in [9.17, 15) is 9.59 Å². The Bertz CT molecular complexity index is 527. The van der Waals surface area contributed by atoms with E-state index in [-0.39, 0.29) is 5.91 Å². The maximum Gasteiger partial charge on any atom is 0.340 e. The first kappa shape index (κ1) is 15.2. The Morgan fingerprint density at radius 2 is 2.14 bits per heavy atom. The Morgan fingerprint density at radius 1 is 1.38 bits per heavy atom. The Hall–Kier alpha value is -2.24. The predicted octanol–water partition coefficient (Wildman–Crippen LogP) is 1.53. The number of ether oxygens (including phenoxy) is 1. The van der Waals surface area contributed by atoms with Crippen molar-refractivity contribution in [2.45, 2.75) is 32.2 Å². The van der Waals surface area contributed by atoms with Gasteiger partial charge >= 0.3 is 5.97 Å². The second-order valence-electron chi connectivity index (χ2n) is 5.01. The van der Waals surface area contributed by atoms with Gasteiger partial charge in [0.1, 0.15) is 0 Å². The number of nitrogens with two attached hydrogens (primary N) is 1. The molecule has 21 heavy (non-hydrogen) atoms. The minimum absolute atomic E-state index is 0.0113. The van der Waals surface area contributed by atoms with Crippen LogP contribution in [-0.4, -0.2) is 31.1 Å². The number of para-hydroxylation sites is 1. The number of rotatable bonds is 7. The topological polar surface area (TPSA) is 93.4 Å². The van der Waals surface area contributed by atoms with Crippen molar-refractivity contribution >= 4 is 23.3 Å². The van der Waals surface area contributed by atoms with Crippen molar-refractivity contribution in [2.24, 2.45) is 0 Å². The van der Waals surface area contributed by atoms with Gasteiger partial charge in [0.25, 0.3) is 0 Å². The van der Waals surface area contributed by atoms with Crippen LogP contribution in [0.1, 0.15) is 36.5 Å². The summed E-state index contributed by atoms with van der Waals surface area (Å²) in [6.45, 7) is 2.47. The van der Waals surface area contributed by atoms with E-state index in [1.807, 2.05) is 0 Å². The third-order valence-corrected chi connectivity index (χ3v) is 3.19. The highest BCUT2D eigenvalue weighted by Gasteiger charge is 2.23. The van der Waals surface area contributed by atoms with E-state index in [1.165, 1.54) is 0 Å². The molecule has 0 heterocycles. The Labute approximate surface area is 124 Å². The molecule has 0 aromatic heterocycles. The van der Waals surface area contributed by atoms with E-state index in [0.29, 0.717) is 42.6 Å². The van der Waals surface area contributed by atoms with Crippen LogP contribution in [0, 0.1) is 0 Å². The van der Waals surface area contributed by atoms with E-state index in [0.717, 1.165) is 12.8 Å². The summed E-state index contributed by atoms with van der Waals surface area (Å²) in [5.74, 6) is -0.410. The molecule has 1 aliphatic carbocycles. The molecule has 6 heteroatoms. The second-order valence-corrected chi connectivity index (χ2v) is 5.01. The Kier molecular flexibility index (Phi) is 5.03. The number of carbonyl (C=O) groups excluding carboxylic acids is 2. The maximum absolute atomic E-state index is 11.9. The molecule has 1 fully saturated rings. The third kappa shape index (κ3) is 4.37. The predicted molar refractivity (Wildman–Crippen MR) is 81.1 cm³/mol. The fourth-order valence-electron chi connectivity index (χ4n) is 1.97. The van der Waals surface area contributed by atoms with Gasteiger partial charge in [0.05, 0.1) is 23.5 Å². The quantitative estimate of drug-likeness (QED) is 0.523. The molecule has 2 rings (SSSR count). The number of nitrogen functional groups attached to an aromatic ring is 1. The zero-order valence-electron chi connectivity index (χ0n) is 12.1. The number of amides is 1. The Balaban J connectivity index is 1.94. The summed E-state index contributed by atoms with van der Waals surface area (Å²) in [5, 5.41) is 5.97. The van der Waals surface area contributed by atoms with E-state index in [4.69, 9.17) is 10.5 Å². The van der Waals surface area contributed by atoms with Gasteiger partial charge in [0.15, 0.2) is 0 Å². The van der Waals surface area contributed by atoms with Crippen molar-refractivity contribution < 1.29 is 14.3 Å². The molecule has 0 radical (unpaired) electrons. The van der Waals surface area contributed by atoms with Crippen LogP contribution >= 0.6 is 0 Å². The molecule has 1 aliphatic rings. The Morgan fingerprint density at radius 3 is 2.81 bits per heavy atom. The van der Waals surface area contributed by atoms with Crippen LogP contribution in [-0.2, 0) is 9.53 Å². The third-order valence-electron chi connectivity index (χ3n) is 3.19. The highest BCUT2D eigenvalue weighted by molar-refractivity contribution is 5.98. The normalized spacial score (nSPS) is 13.6. The summed E-state index contributed by atoms with van der Waals surface area (Å²) >= 11 is 0. The first-order chi connectivity index (χ1) is 10.1. The van der Waals surface area contributed by atoms with Gasteiger partial charge in [-0.2, -0.15) is 0 Å². The highest BCUT2D eigenvalue weighted by Crippen LogP contribution is 2.24. The van der Waals surface area contributed by atoms with Crippen molar-refractivity contribution in [2.75, 3.05) is 24.2 Å². The SMILES string of the molecule is CCOC(=O)c1cccc(N)c1NCCC(=O)NC1CC1. The highest BCUT2D eigenvalue weighted by atomic mass is 16.5. The van der Waals surface area contributed by atoms with Crippen LogP contribution in [0.15, 0.2) is 18.2 Å². The van der Waals surface area contributed by atoms with Crippen LogP contribution in [0.5, 0.6) is 0 Å². The number of benzene rings is 1. The summed E-state index contributed by atoms with van der Waals surface area (Å²) in [5.41, 5.74) is 7.27. The maximum atomic E-state index is 11.9. The number of carbonyl (C=O) groups is 2. The smallest absolute Gasteiger partial charge is 0.340 e. The van der Waals surface area contributed by atoms with E-state index in [2.05, 4.69) is 10.6 Å². The van der Waals surface area contributed by atoms with Gasteiger partial charge in [-0.1, -0.05) is 6.07 Å². The number of hydrogen-bond acceptors (Lipinski definition) is 5. The molecule has 1 aromatic rings. The van der Waals surface area contributed by atoms with Gasteiger partial charge in [0.2, 0.25) is 5.91 Å². The minimum atomic E-state index is -0.422. The number of anilines is 2. The van der Waals surface area contributed by atoms with Gasteiger partial charge in [-0.05, 0) is 31.9 Å². The summed E-state index contributed by atoms with van der Waals surface area (Å²) in [4.78, 5) is 23.5. The summed E-state index contributed by atoms with van der Waals surface area (Å²) in [6, 6.07) is 5.41. The molecule has 4 N–H and O–H groups in total. The van der Waals surface area contributed by atoms with Crippen molar-refractivity contribution in [3.05, 3.63) is 23.8 Å². The van der Waals surface area contributed by atoms with Gasteiger partial charge < -0.3 is 21.1 Å². The average Bonchev–Trinajstić information content (AvgIpc) is 3.24. The first-order valence-electron chi connectivity index (χ1n) is 7.20. The monoisotopic (exact) mass is 291 g/mol. The number of nitrogens with one attached hydrogen (secondary N) is 2. The molecule has 0 bridgehead atoms. The number of esters is 1. The van der Waals surface area contributed by atoms with Crippen molar-refractivity contribution in [1.82, 2.24) is 5.32 Å². The summed E-state index contributed by atoms with van der Waals surface area (Å²) in [7, 11) is 0. The van der Waals surface area contributed by atoms with Gasteiger partial charge in [-0.3, -0.25) is 4.79 Å². The fourth-order valence-corrected chi connectivity index (χ4v) is 1.97. The fraction of sp³-hybridized carbons (Fsp3) is 0.467. The average molecular weight is 291 g/mol. The van der Waals surface area contributed by atoms with Crippen molar-refractivity contribution in [3.63, 3.8) is 0 Å². The molecule has 114 valence electrons. The van der Waals surface area contributed by atoms with Crippen LogP contribution in [0.4, 0.5) is 11.4 Å². The molecular formula is C15H21N3O3. The summed E-state index contributed by atoms with van der Waals surface area (Å²) < 4.78 is 5.00. The molecule has 1 aromatic carbocycles. The standard InChI is InChI=1S/C15H21N3O3/c1-2-21-15(20)11-4-3-5-12(16)14(11)17-9-8-13(19)18-10-6-7-10/h3-5,10,17H,2,6-9,16H2,1H3,(H,18,19). The largest absolute Gasteiger partial charge is 0.462 e. The number of hydrogen-bond donors (Lipinski definition) is 3. The molecule has 1 saturated carbocycles. The lowest BCUT2D eigenvalue weighted by Crippen LogP contribution is -2.27. The van der Waals surface area contributed by atoms with E-state index < -0.39 is 5.97 Å². The van der Waals surface area contributed by atoms with Crippen LogP contribution < -0.4 is 16.4 Å². The second kappa shape index (κ2) is 6.97. The lowest BCUT2D eigenvalue weighted by atomic mass is 10.1. The van der Waals surface area contributed by atoms with Gasteiger partial charge in [-0.15, -0.1) is 0 Å². The molecule has 0 aliphatic heterocycles. The van der Waals surface area contributed by atoms with Crippen molar-refractivity contribution in [1.29, 1.82) is 0 Å². The van der Waals surface area contributed by atoms with Gasteiger partial charge in [0, 0.05) is 19.0 Å². The minimum Gasteiger partial charge on any atom is -0.462 e. The molecule has 0 atom stereocenters. The van der Waals surface area contributed by atoms with Crippen LogP contribution in [0.2, 0.25) is 0 Å². The van der Waals surface area contributed by atoms with E-state index >= 15 is 0 Å². The lowest BCUT2D eigenvalue weighted by Gasteiger charge is -2.13. The molecule has 0 spiro atoms. The van der Waals surface area contributed by atoms with Crippen LogP contribution in [0.3, 0.4) is 0 Å². The van der Waals surface area contributed by atoms with E-state index in [1.54, 1.807) is 25.1 Å². The zero-order valence-corrected chi connectivity index (χ0v) is 12.1. The zero-order chi connectivity index (χ0) is 15.2. The molecule has 1 amide bonds. The molecule has 6 nitrogen and oxygen atoms in total. The summed E-state index contributed by atoms with van der Waals surface area (Å²) in [6.07, 6.45) is 2.47. The molecule has 0 unspecified atom stereocenters. The van der Waals surface area contributed by atoms with Crippen molar-refractivity contribution in [3.8, 4) is 0 Å². The van der Waals surface area contributed by atoms with Gasteiger partial charge in [-0.25, -0.2) is 4.79 Å². The molecular weight excluding hydrogens is 270 g/mol. The molecule has 0 saturated heterocycles. The lowest BCUT2D eigenvalue weighted by molar-refractivity contribution is -0.120. The van der Waals surface area contributed by atoms with Crippen LogP contribution in [0.25, 0.3) is 0 Å². The first-order valence-corrected chi connectivity index (χ1v) is 7.20.